The molecule has 5 aromatic rings. The summed E-state index contributed by atoms with van der Waals surface area (Å²) < 4.78 is 16.0. The van der Waals surface area contributed by atoms with Crippen LogP contribution < -0.4 is 11.0 Å². The van der Waals surface area contributed by atoms with Gasteiger partial charge in [0.05, 0.1) is 11.4 Å². The zero-order valence-electron chi connectivity index (χ0n) is 15.8. The molecule has 0 atom stereocenters. The molecule has 0 unspecified atom stereocenters. The van der Waals surface area contributed by atoms with Crippen LogP contribution in [0, 0.1) is 5.82 Å². The van der Waals surface area contributed by atoms with E-state index in [1.165, 1.54) is 46.8 Å². The van der Waals surface area contributed by atoms with Crippen molar-refractivity contribution < 1.29 is 4.39 Å². The number of nitrogens with zero attached hydrogens (tertiary/aromatic N) is 5. The molecule has 0 amide bonds. The van der Waals surface area contributed by atoms with Crippen molar-refractivity contribution in [1.82, 2.24) is 35.0 Å². The molecule has 5 rings (SSSR count). The van der Waals surface area contributed by atoms with Gasteiger partial charge in [0.1, 0.15) is 16.9 Å². The van der Waals surface area contributed by atoms with Crippen molar-refractivity contribution in [3.63, 3.8) is 0 Å². The minimum Gasteiger partial charge on any atom is -0.343 e. The molecule has 0 bridgehead atoms. The van der Waals surface area contributed by atoms with E-state index in [-0.39, 0.29) is 5.39 Å². The van der Waals surface area contributed by atoms with Gasteiger partial charge in [-0.2, -0.15) is 4.68 Å². The first-order valence-corrected chi connectivity index (χ1v) is 10.2. The molecule has 0 fully saturated rings. The Bertz CT molecular complexity index is 1490. The number of nitrogens with one attached hydrogen (secondary N) is 2. The Hall–Kier alpha value is -3.99. The van der Waals surface area contributed by atoms with Crippen LogP contribution in [-0.4, -0.2) is 35.0 Å². The number of thioether (sulfide) groups is 1. The van der Waals surface area contributed by atoms with Gasteiger partial charge in [0, 0.05) is 17.5 Å². The van der Waals surface area contributed by atoms with E-state index in [0.717, 1.165) is 5.69 Å². The van der Waals surface area contributed by atoms with Crippen LogP contribution in [0.25, 0.3) is 22.4 Å². The highest BCUT2D eigenvalue weighted by Gasteiger charge is 2.15. The van der Waals surface area contributed by atoms with Crippen LogP contribution >= 0.6 is 11.8 Å². The molecule has 11 heteroatoms. The molecule has 0 spiro atoms. The third-order valence-corrected chi connectivity index (χ3v) is 5.58. The Balaban J connectivity index is 1.46. The van der Waals surface area contributed by atoms with E-state index in [1.807, 2.05) is 30.3 Å². The maximum absolute atomic E-state index is 13.2. The van der Waals surface area contributed by atoms with Gasteiger partial charge in [-0.25, -0.2) is 9.07 Å². The predicted molar refractivity (Wildman–Crippen MR) is 113 cm³/mol. The Kier molecular flexibility index (Phi) is 4.71. The molecule has 0 saturated carbocycles. The summed E-state index contributed by atoms with van der Waals surface area (Å²) in [5.74, 6) is -0.0385. The molecule has 2 N–H and O–H groups in total. The monoisotopic (exact) mass is 435 g/mol. The van der Waals surface area contributed by atoms with Gasteiger partial charge < -0.3 is 4.98 Å². The van der Waals surface area contributed by atoms with Crippen molar-refractivity contribution in [2.24, 2.45) is 0 Å². The number of rotatable bonds is 5. The smallest absolute Gasteiger partial charge is 0.284 e. The summed E-state index contributed by atoms with van der Waals surface area (Å²) in [6.07, 6.45) is 0. The fourth-order valence-electron chi connectivity index (χ4n) is 3.18. The Morgan fingerprint density at radius 2 is 1.77 bits per heavy atom. The molecule has 3 heterocycles. The first-order valence-electron chi connectivity index (χ1n) is 9.19. The molecule has 2 aromatic carbocycles. The first kappa shape index (κ1) is 19.0. The number of halogens is 1. The molecular formula is C20H14FN7O2S. The third kappa shape index (κ3) is 3.55. The molecule has 31 heavy (non-hydrogen) atoms. The highest BCUT2D eigenvalue weighted by atomic mass is 32.2. The average molecular weight is 435 g/mol. The number of benzene rings is 2. The highest BCUT2D eigenvalue weighted by molar-refractivity contribution is 7.98. The number of pyridine rings is 1. The minimum atomic E-state index is -0.505. The van der Waals surface area contributed by atoms with Crippen LogP contribution in [0.4, 0.5) is 4.39 Å². The van der Waals surface area contributed by atoms with Crippen molar-refractivity contribution in [3.8, 4) is 11.4 Å². The lowest BCUT2D eigenvalue weighted by atomic mass is 10.3. The van der Waals surface area contributed by atoms with Gasteiger partial charge in [0.15, 0.2) is 5.43 Å². The topological polar surface area (TPSA) is 114 Å². The standard InChI is InChI=1S/C20H14FN7O2S/c21-12-6-8-15(9-7-12)27-19(30)17-16(29)10-13(22-18(17)24-27)11-31-20-23-25-26-28(20)14-4-2-1-3-5-14/h1-10H,11H2,(H2,22,24,29). The molecular weight excluding hydrogens is 421 g/mol. The molecule has 0 saturated heterocycles. The lowest BCUT2D eigenvalue weighted by molar-refractivity contribution is 0.627. The van der Waals surface area contributed by atoms with Crippen LogP contribution in [-0.2, 0) is 5.75 Å². The maximum atomic E-state index is 13.2. The summed E-state index contributed by atoms with van der Waals surface area (Å²) >= 11 is 1.34. The molecule has 0 aliphatic heterocycles. The number of fused-ring (bicyclic) bond motifs is 1. The average Bonchev–Trinajstić information content (AvgIpc) is 3.38. The van der Waals surface area contributed by atoms with Crippen molar-refractivity contribution in [3.05, 3.63) is 92.8 Å². The largest absolute Gasteiger partial charge is 0.343 e. The molecule has 9 nitrogen and oxygen atoms in total. The first-order chi connectivity index (χ1) is 15.1. The highest BCUT2D eigenvalue weighted by Crippen LogP contribution is 2.21. The van der Waals surface area contributed by atoms with Gasteiger partial charge in [0.25, 0.3) is 5.56 Å². The SMILES string of the molecule is O=c1cc(CSc2nnnn2-c2ccccc2)[nH]c2[nH]n(-c3ccc(F)cc3)c(=O)c12. The van der Waals surface area contributed by atoms with Crippen molar-refractivity contribution >= 4 is 22.8 Å². The second-order valence-electron chi connectivity index (χ2n) is 6.64. The molecule has 154 valence electrons. The quantitative estimate of drug-likeness (QED) is 0.410. The summed E-state index contributed by atoms with van der Waals surface area (Å²) in [5.41, 5.74) is 1.22. The maximum Gasteiger partial charge on any atom is 0.284 e. The van der Waals surface area contributed by atoms with Gasteiger partial charge in [-0.15, -0.1) is 5.10 Å². The number of tetrazole rings is 1. The van der Waals surface area contributed by atoms with Crippen LogP contribution in [0.2, 0.25) is 0 Å². The summed E-state index contributed by atoms with van der Waals surface area (Å²) in [4.78, 5) is 28.4. The number of hydrogen-bond acceptors (Lipinski definition) is 6. The zero-order valence-corrected chi connectivity index (χ0v) is 16.6. The van der Waals surface area contributed by atoms with E-state index in [0.29, 0.717) is 27.9 Å². The van der Waals surface area contributed by atoms with E-state index in [2.05, 4.69) is 25.6 Å². The van der Waals surface area contributed by atoms with Gasteiger partial charge in [-0.05, 0) is 46.8 Å². The van der Waals surface area contributed by atoms with E-state index in [4.69, 9.17) is 0 Å². The number of H-pyrrole nitrogens is 2. The number of aromatic amines is 2. The summed E-state index contributed by atoms with van der Waals surface area (Å²) in [6.45, 7) is 0. The number of hydrogen-bond donors (Lipinski definition) is 2. The van der Waals surface area contributed by atoms with Gasteiger partial charge in [0.2, 0.25) is 5.16 Å². The van der Waals surface area contributed by atoms with Crippen LogP contribution in [0.5, 0.6) is 0 Å². The van der Waals surface area contributed by atoms with Crippen molar-refractivity contribution in [2.75, 3.05) is 0 Å². The Labute approximate surface area is 177 Å². The van der Waals surface area contributed by atoms with Crippen LogP contribution in [0.3, 0.4) is 0 Å². The summed E-state index contributed by atoms with van der Waals surface area (Å²) in [7, 11) is 0. The van der Waals surface area contributed by atoms with E-state index >= 15 is 0 Å². The molecule has 0 radical (unpaired) electrons. The summed E-state index contributed by atoms with van der Waals surface area (Å²) in [6, 6.07) is 16.2. The predicted octanol–water partition coefficient (Wildman–Crippen LogP) is 2.41. The molecule has 0 aliphatic carbocycles. The van der Waals surface area contributed by atoms with Gasteiger partial charge in [-0.1, -0.05) is 30.0 Å². The van der Waals surface area contributed by atoms with E-state index < -0.39 is 16.8 Å². The summed E-state index contributed by atoms with van der Waals surface area (Å²) in [5, 5.41) is 15.2. The minimum absolute atomic E-state index is 0.00666. The second kappa shape index (κ2) is 7.69. The third-order valence-electron chi connectivity index (χ3n) is 4.61. The van der Waals surface area contributed by atoms with E-state index in [1.54, 1.807) is 4.68 Å². The lowest BCUT2D eigenvalue weighted by Crippen LogP contribution is -2.18. The van der Waals surface area contributed by atoms with Crippen LogP contribution in [0.15, 0.2) is 75.4 Å². The Morgan fingerprint density at radius 1 is 1.00 bits per heavy atom. The van der Waals surface area contributed by atoms with Crippen molar-refractivity contribution in [1.29, 1.82) is 0 Å². The normalized spacial score (nSPS) is 11.3. The lowest BCUT2D eigenvalue weighted by Gasteiger charge is -2.04. The van der Waals surface area contributed by atoms with E-state index in [9.17, 15) is 14.0 Å². The molecule has 3 aromatic heterocycles. The van der Waals surface area contributed by atoms with Crippen molar-refractivity contribution in [2.45, 2.75) is 10.9 Å². The molecule has 0 aliphatic rings. The Morgan fingerprint density at radius 3 is 2.55 bits per heavy atom. The number of para-hydroxylation sites is 1. The van der Waals surface area contributed by atoms with Gasteiger partial charge >= 0.3 is 0 Å². The second-order valence-corrected chi connectivity index (χ2v) is 7.58. The fourth-order valence-corrected chi connectivity index (χ4v) is 3.97. The van der Waals surface area contributed by atoms with Gasteiger partial charge in [-0.3, -0.25) is 14.7 Å². The fraction of sp³-hybridized carbons (Fsp3) is 0.0500. The zero-order chi connectivity index (χ0) is 21.4. The number of aromatic nitrogens is 7. The van der Waals surface area contributed by atoms with Crippen LogP contribution in [0.1, 0.15) is 5.69 Å².